The minimum Gasteiger partial charge on any atom is -0.493 e. The van der Waals surface area contributed by atoms with E-state index in [0.29, 0.717) is 12.1 Å². The Balaban J connectivity index is 1.93. The molecule has 1 atom stereocenters. The number of rotatable bonds is 8. The summed E-state index contributed by atoms with van der Waals surface area (Å²) >= 11 is 0. The van der Waals surface area contributed by atoms with E-state index in [-0.39, 0.29) is 23.3 Å². The molecule has 4 nitrogen and oxygen atoms in total. The van der Waals surface area contributed by atoms with Gasteiger partial charge in [-0.25, -0.2) is 0 Å². The molecule has 0 aromatic heterocycles. The van der Waals surface area contributed by atoms with Gasteiger partial charge in [0.2, 0.25) is 5.91 Å². The average molecular weight is 361 g/mol. The van der Waals surface area contributed by atoms with Gasteiger partial charge in [-0.1, -0.05) is 43.3 Å². The standard InChI is InChI=1S/C20H21F2NO3/c1-14(16-6-4-3-5-7-16)13-23-19(24)11-9-15-8-10-17(26-20(21)22)18(12-15)25-2/h3-12,14,20H,13H2,1-2H3,(H,23,24)/b11-9+. The second-order valence-electron chi connectivity index (χ2n) is 5.68. The van der Waals surface area contributed by atoms with Crippen molar-refractivity contribution in [2.45, 2.75) is 19.5 Å². The molecule has 0 heterocycles. The Labute approximate surface area is 151 Å². The van der Waals surface area contributed by atoms with Crippen LogP contribution in [0.3, 0.4) is 0 Å². The van der Waals surface area contributed by atoms with Crippen molar-refractivity contribution in [2.75, 3.05) is 13.7 Å². The Morgan fingerprint density at radius 2 is 1.88 bits per heavy atom. The zero-order valence-corrected chi connectivity index (χ0v) is 14.6. The molecule has 26 heavy (non-hydrogen) atoms. The predicted octanol–water partition coefficient (Wildman–Crippen LogP) is 4.23. The quantitative estimate of drug-likeness (QED) is 0.716. The molecule has 0 saturated heterocycles. The number of methoxy groups -OCH3 is 1. The summed E-state index contributed by atoms with van der Waals surface area (Å²) in [5.41, 5.74) is 1.78. The Hall–Kier alpha value is -2.89. The molecule has 1 N–H and O–H groups in total. The SMILES string of the molecule is COc1cc(/C=C/C(=O)NCC(C)c2ccccc2)ccc1OC(F)F. The van der Waals surface area contributed by atoms with Crippen molar-refractivity contribution in [1.29, 1.82) is 0 Å². The molecule has 138 valence electrons. The number of halogens is 2. The van der Waals surface area contributed by atoms with E-state index in [1.165, 1.54) is 25.3 Å². The summed E-state index contributed by atoms with van der Waals surface area (Å²) in [5.74, 6) is 0.0745. The molecular formula is C20H21F2NO3. The smallest absolute Gasteiger partial charge is 0.387 e. The fraction of sp³-hybridized carbons (Fsp3) is 0.250. The fourth-order valence-electron chi connectivity index (χ4n) is 2.37. The molecule has 1 amide bonds. The highest BCUT2D eigenvalue weighted by molar-refractivity contribution is 5.91. The molecule has 0 saturated carbocycles. The first kappa shape index (κ1) is 19.4. The molecule has 1 unspecified atom stereocenters. The number of hydrogen-bond donors (Lipinski definition) is 1. The van der Waals surface area contributed by atoms with E-state index in [1.807, 2.05) is 37.3 Å². The molecule has 0 fully saturated rings. The summed E-state index contributed by atoms with van der Waals surface area (Å²) in [6.45, 7) is -0.383. The minimum absolute atomic E-state index is 0.0548. The maximum absolute atomic E-state index is 12.3. The molecule has 0 spiro atoms. The van der Waals surface area contributed by atoms with Crippen molar-refractivity contribution in [3.05, 3.63) is 65.7 Å². The van der Waals surface area contributed by atoms with Crippen molar-refractivity contribution in [1.82, 2.24) is 5.32 Å². The largest absolute Gasteiger partial charge is 0.493 e. The second kappa shape index (κ2) is 9.56. The summed E-state index contributed by atoms with van der Waals surface area (Å²) in [6, 6.07) is 14.4. The van der Waals surface area contributed by atoms with Crippen molar-refractivity contribution >= 4 is 12.0 Å². The van der Waals surface area contributed by atoms with E-state index in [2.05, 4.69) is 10.1 Å². The van der Waals surface area contributed by atoms with Crippen molar-refractivity contribution < 1.29 is 23.0 Å². The van der Waals surface area contributed by atoms with Crippen LogP contribution in [0, 0.1) is 0 Å². The molecule has 2 rings (SSSR count). The first-order valence-electron chi connectivity index (χ1n) is 8.13. The van der Waals surface area contributed by atoms with Gasteiger partial charge in [-0.2, -0.15) is 8.78 Å². The Kier molecular flexibility index (Phi) is 7.14. The fourth-order valence-corrected chi connectivity index (χ4v) is 2.37. The third-order valence-corrected chi connectivity index (χ3v) is 3.78. The summed E-state index contributed by atoms with van der Waals surface area (Å²) < 4.78 is 34.0. The van der Waals surface area contributed by atoms with Crippen LogP contribution < -0.4 is 14.8 Å². The Morgan fingerprint density at radius 1 is 1.15 bits per heavy atom. The van der Waals surface area contributed by atoms with Crippen molar-refractivity contribution in [3.63, 3.8) is 0 Å². The van der Waals surface area contributed by atoms with Crippen molar-refractivity contribution in [2.24, 2.45) is 0 Å². The van der Waals surface area contributed by atoms with Crippen LogP contribution in [0.25, 0.3) is 6.08 Å². The number of benzene rings is 2. The lowest BCUT2D eigenvalue weighted by molar-refractivity contribution is -0.116. The van der Waals surface area contributed by atoms with Crippen LogP contribution in [0.2, 0.25) is 0 Å². The van der Waals surface area contributed by atoms with E-state index in [4.69, 9.17) is 4.74 Å². The zero-order valence-electron chi connectivity index (χ0n) is 14.6. The van der Waals surface area contributed by atoms with Crippen LogP contribution in [0.5, 0.6) is 11.5 Å². The molecule has 0 radical (unpaired) electrons. The van der Waals surface area contributed by atoms with E-state index in [0.717, 1.165) is 5.56 Å². The maximum Gasteiger partial charge on any atom is 0.387 e. The topological polar surface area (TPSA) is 47.6 Å². The number of carbonyl (C=O) groups is 1. The molecule has 0 aliphatic heterocycles. The van der Waals surface area contributed by atoms with Crippen LogP contribution in [0.1, 0.15) is 24.0 Å². The highest BCUT2D eigenvalue weighted by atomic mass is 19.3. The van der Waals surface area contributed by atoms with Gasteiger partial charge in [0, 0.05) is 12.6 Å². The van der Waals surface area contributed by atoms with Crippen molar-refractivity contribution in [3.8, 4) is 11.5 Å². The van der Waals surface area contributed by atoms with Gasteiger partial charge in [-0.05, 0) is 35.3 Å². The normalized spacial score (nSPS) is 12.2. The van der Waals surface area contributed by atoms with E-state index < -0.39 is 6.61 Å². The van der Waals surface area contributed by atoms with Gasteiger partial charge in [0.25, 0.3) is 0 Å². The van der Waals surface area contributed by atoms with Crippen LogP contribution >= 0.6 is 0 Å². The highest BCUT2D eigenvalue weighted by Crippen LogP contribution is 2.29. The summed E-state index contributed by atoms with van der Waals surface area (Å²) in [6.07, 6.45) is 2.97. The lowest BCUT2D eigenvalue weighted by Crippen LogP contribution is -2.25. The molecule has 0 aliphatic rings. The minimum atomic E-state index is -2.93. The van der Waals surface area contributed by atoms with Gasteiger partial charge in [-0.15, -0.1) is 0 Å². The number of alkyl halides is 2. The molecule has 6 heteroatoms. The Morgan fingerprint density at radius 3 is 2.54 bits per heavy atom. The third-order valence-electron chi connectivity index (χ3n) is 3.78. The lowest BCUT2D eigenvalue weighted by Gasteiger charge is -2.12. The zero-order chi connectivity index (χ0) is 18.9. The van der Waals surface area contributed by atoms with Gasteiger partial charge in [0.1, 0.15) is 0 Å². The van der Waals surface area contributed by atoms with E-state index >= 15 is 0 Å². The van der Waals surface area contributed by atoms with Gasteiger partial charge in [0.15, 0.2) is 11.5 Å². The van der Waals surface area contributed by atoms with Crippen LogP contribution in [-0.2, 0) is 4.79 Å². The maximum atomic E-state index is 12.3. The first-order valence-corrected chi connectivity index (χ1v) is 8.13. The first-order chi connectivity index (χ1) is 12.5. The van der Waals surface area contributed by atoms with Crippen LogP contribution in [0.15, 0.2) is 54.6 Å². The lowest BCUT2D eigenvalue weighted by atomic mass is 10.0. The van der Waals surface area contributed by atoms with Crippen LogP contribution in [0.4, 0.5) is 8.78 Å². The summed E-state index contributed by atoms with van der Waals surface area (Å²) in [5, 5.41) is 2.84. The van der Waals surface area contributed by atoms with E-state index in [9.17, 15) is 13.6 Å². The molecule has 0 bridgehead atoms. The number of amides is 1. The van der Waals surface area contributed by atoms with Gasteiger partial charge >= 0.3 is 6.61 Å². The number of hydrogen-bond acceptors (Lipinski definition) is 3. The second-order valence-corrected chi connectivity index (χ2v) is 5.68. The third kappa shape index (κ3) is 5.88. The van der Waals surface area contributed by atoms with Crippen LogP contribution in [-0.4, -0.2) is 26.2 Å². The molecule has 2 aromatic rings. The van der Waals surface area contributed by atoms with E-state index in [1.54, 1.807) is 12.1 Å². The number of nitrogens with one attached hydrogen (secondary N) is 1. The number of carbonyl (C=O) groups excluding carboxylic acids is 1. The molecule has 2 aromatic carbocycles. The van der Waals surface area contributed by atoms with Gasteiger partial charge in [0.05, 0.1) is 7.11 Å². The number of ether oxygens (including phenoxy) is 2. The predicted molar refractivity (Wildman–Crippen MR) is 96.5 cm³/mol. The monoisotopic (exact) mass is 361 g/mol. The summed E-state index contributed by atoms with van der Waals surface area (Å²) in [4.78, 5) is 12.0. The molecule has 0 aliphatic carbocycles. The molecular weight excluding hydrogens is 340 g/mol. The summed E-state index contributed by atoms with van der Waals surface area (Å²) in [7, 11) is 1.36. The average Bonchev–Trinajstić information content (AvgIpc) is 2.65. The Bertz CT molecular complexity index is 748. The highest BCUT2D eigenvalue weighted by Gasteiger charge is 2.10. The van der Waals surface area contributed by atoms with Gasteiger partial charge in [-0.3, -0.25) is 4.79 Å². The van der Waals surface area contributed by atoms with Gasteiger partial charge < -0.3 is 14.8 Å².